The number of anilines is 1. The Hall–Kier alpha value is -1.55. The average molecular weight is 192 g/mol. The van der Waals surface area contributed by atoms with Gasteiger partial charge in [0.05, 0.1) is 5.54 Å². The molecule has 0 aromatic heterocycles. The van der Waals surface area contributed by atoms with E-state index in [9.17, 15) is 4.79 Å². The lowest BCUT2D eigenvalue weighted by molar-refractivity contribution is -0.118. The highest BCUT2D eigenvalue weighted by Gasteiger charge is 2.45. The lowest BCUT2D eigenvalue weighted by atomic mass is 10.2. The molecule has 0 atom stereocenters. The zero-order valence-electron chi connectivity index (χ0n) is 7.66. The van der Waals surface area contributed by atoms with E-state index in [0.717, 1.165) is 12.8 Å². The quantitative estimate of drug-likeness (QED) is 0.607. The fourth-order valence-electron chi connectivity index (χ4n) is 1.16. The van der Waals surface area contributed by atoms with Crippen LogP contribution in [-0.2, 0) is 4.79 Å². The largest absolute Gasteiger partial charge is 0.508 e. The Kier molecular flexibility index (Phi) is 1.93. The first-order valence-electron chi connectivity index (χ1n) is 4.49. The molecule has 1 aliphatic rings. The van der Waals surface area contributed by atoms with Crippen molar-refractivity contribution >= 4 is 11.6 Å². The van der Waals surface area contributed by atoms with Crippen molar-refractivity contribution in [3.05, 3.63) is 24.3 Å². The summed E-state index contributed by atoms with van der Waals surface area (Å²) in [6, 6.07) is 6.31. The van der Waals surface area contributed by atoms with Gasteiger partial charge in [0, 0.05) is 5.69 Å². The summed E-state index contributed by atoms with van der Waals surface area (Å²) in [5, 5.41) is 11.7. The van der Waals surface area contributed by atoms with E-state index in [0.29, 0.717) is 5.69 Å². The number of carbonyl (C=O) groups excluding carboxylic acids is 1. The van der Waals surface area contributed by atoms with Crippen LogP contribution in [0.1, 0.15) is 12.8 Å². The van der Waals surface area contributed by atoms with Crippen LogP contribution < -0.4 is 11.1 Å². The summed E-state index contributed by atoms with van der Waals surface area (Å²) in [6.07, 6.45) is 1.49. The second-order valence-electron chi connectivity index (χ2n) is 3.66. The third-order valence-corrected chi connectivity index (χ3v) is 2.37. The smallest absolute Gasteiger partial charge is 0.244 e. The van der Waals surface area contributed by atoms with Crippen LogP contribution in [0, 0.1) is 0 Å². The lowest BCUT2D eigenvalue weighted by Gasteiger charge is -2.09. The molecular weight excluding hydrogens is 180 g/mol. The summed E-state index contributed by atoms with van der Waals surface area (Å²) in [6.45, 7) is 0. The summed E-state index contributed by atoms with van der Waals surface area (Å²) < 4.78 is 0. The summed E-state index contributed by atoms with van der Waals surface area (Å²) in [7, 11) is 0. The molecule has 2 rings (SSSR count). The number of nitrogens with one attached hydrogen (secondary N) is 1. The zero-order chi connectivity index (χ0) is 10.2. The third-order valence-electron chi connectivity index (χ3n) is 2.37. The number of rotatable bonds is 2. The number of amides is 1. The molecule has 0 heterocycles. The maximum atomic E-state index is 11.5. The van der Waals surface area contributed by atoms with Gasteiger partial charge < -0.3 is 16.2 Å². The fourth-order valence-corrected chi connectivity index (χ4v) is 1.16. The summed E-state index contributed by atoms with van der Waals surface area (Å²) >= 11 is 0. The number of hydrogen-bond donors (Lipinski definition) is 3. The minimum Gasteiger partial charge on any atom is -0.508 e. The molecular formula is C10H12N2O2. The van der Waals surface area contributed by atoms with Gasteiger partial charge >= 0.3 is 0 Å². The van der Waals surface area contributed by atoms with Crippen LogP contribution in [-0.4, -0.2) is 16.6 Å². The number of benzene rings is 1. The first kappa shape index (κ1) is 9.02. The molecule has 1 fully saturated rings. The second kappa shape index (κ2) is 2.99. The molecule has 4 heteroatoms. The molecule has 0 radical (unpaired) electrons. The van der Waals surface area contributed by atoms with Crippen LogP contribution in [0.4, 0.5) is 5.69 Å². The highest BCUT2D eigenvalue weighted by atomic mass is 16.3. The molecule has 1 aromatic carbocycles. The van der Waals surface area contributed by atoms with Crippen molar-refractivity contribution in [2.24, 2.45) is 5.73 Å². The molecule has 0 spiro atoms. The number of aromatic hydroxyl groups is 1. The summed E-state index contributed by atoms with van der Waals surface area (Å²) in [5.41, 5.74) is 5.71. The minimum atomic E-state index is -0.655. The lowest BCUT2D eigenvalue weighted by Crippen LogP contribution is -2.37. The number of carbonyl (C=O) groups is 1. The SMILES string of the molecule is NC1(C(=O)Nc2ccc(O)cc2)CC1. The normalized spacial score (nSPS) is 17.5. The summed E-state index contributed by atoms with van der Waals surface area (Å²) in [5.74, 6) is 0.0278. The van der Waals surface area contributed by atoms with E-state index in [1.54, 1.807) is 12.1 Å². The van der Waals surface area contributed by atoms with Gasteiger partial charge in [-0.1, -0.05) is 0 Å². The van der Waals surface area contributed by atoms with Gasteiger partial charge in [-0.25, -0.2) is 0 Å². The Bertz CT molecular complexity index is 355. The first-order valence-corrected chi connectivity index (χ1v) is 4.49. The predicted molar refractivity (Wildman–Crippen MR) is 52.9 cm³/mol. The van der Waals surface area contributed by atoms with Crippen LogP contribution in [0.2, 0.25) is 0 Å². The fraction of sp³-hybridized carbons (Fsp3) is 0.300. The van der Waals surface area contributed by atoms with Crippen molar-refractivity contribution < 1.29 is 9.90 Å². The van der Waals surface area contributed by atoms with Gasteiger partial charge in [-0.3, -0.25) is 4.79 Å². The Balaban J connectivity index is 2.04. The van der Waals surface area contributed by atoms with Gasteiger partial charge in [-0.15, -0.1) is 0 Å². The van der Waals surface area contributed by atoms with Crippen molar-refractivity contribution in [3.8, 4) is 5.75 Å². The van der Waals surface area contributed by atoms with Gasteiger partial charge in [0.25, 0.3) is 0 Å². The molecule has 0 unspecified atom stereocenters. The molecule has 74 valence electrons. The van der Waals surface area contributed by atoms with E-state index in [4.69, 9.17) is 10.8 Å². The standard InChI is InChI=1S/C10H12N2O2/c11-10(5-6-10)9(14)12-7-1-3-8(13)4-2-7/h1-4,13H,5-6,11H2,(H,12,14). The van der Waals surface area contributed by atoms with Gasteiger partial charge in [-0.05, 0) is 37.1 Å². The van der Waals surface area contributed by atoms with Crippen LogP contribution in [0.25, 0.3) is 0 Å². The third kappa shape index (κ3) is 1.70. The number of phenols is 1. The Morgan fingerprint density at radius 1 is 1.36 bits per heavy atom. The molecule has 1 amide bonds. The zero-order valence-corrected chi connectivity index (χ0v) is 7.66. The molecule has 0 saturated heterocycles. The van der Waals surface area contributed by atoms with E-state index in [-0.39, 0.29) is 11.7 Å². The van der Waals surface area contributed by atoms with E-state index in [1.165, 1.54) is 12.1 Å². The molecule has 14 heavy (non-hydrogen) atoms. The van der Waals surface area contributed by atoms with Crippen LogP contribution in [0.3, 0.4) is 0 Å². The van der Waals surface area contributed by atoms with Crippen LogP contribution in [0.15, 0.2) is 24.3 Å². The predicted octanol–water partition coefficient (Wildman–Crippen LogP) is 0.822. The Morgan fingerprint density at radius 2 is 1.93 bits per heavy atom. The van der Waals surface area contributed by atoms with E-state index in [2.05, 4.69) is 5.32 Å². The maximum Gasteiger partial charge on any atom is 0.244 e. The average Bonchev–Trinajstić information content (AvgIpc) is 2.89. The van der Waals surface area contributed by atoms with Crippen molar-refractivity contribution in [2.75, 3.05) is 5.32 Å². The van der Waals surface area contributed by atoms with E-state index >= 15 is 0 Å². The number of phenolic OH excluding ortho intramolecular Hbond substituents is 1. The Morgan fingerprint density at radius 3 is 2.43 bits per heavy atom. The minimum absolute atomic E-state index is 0.150. The number of hydrogen-bond acceptors (Lipinski definition) is 3. The summed E-state index contributed by atoms with van der Waals surface area (Å²) in [4.78, 5) is 11.5. The highest BCUT2D eigenvalue weighted by Crippen LogP contribution is 2.33. The molecule has 0 bridgehead atoms. The molecule has 1 saturated carbocycles. The van der Waals surface area contributed by atoms with Crippen molar-refractivity contribution in [1.82, 2.24) is 0 Å². The van der Waals surface area contributed by atoms with Crippen LogP contribution in [0.5, 0.6) is 5.75 Å². The highest BCUT2D eigenvalue weighted by molar-refractivity contribution is 6.00. The van der Waals surface area contributed by atoms with Gasteiger partial charge in [0.15, 0.2) is 0 Å². The topological polar surface area (TPSA) is 75.4 Å². The monoisotopic (exact) mass is 192 g/mol. The maximum absolute atomic E-state index is 11.5. The first-order chi connectivity index (χ1) is 6.60. The van der Waals surface area contributed by atoms with E-state index in [1.807, 2.05) is 0 Å². The second-order valence-corrected chi connectivity index (χ2v) is 3.66. The van der Waals surface area contributed by atoms with Crippen molar-refractivity contribution in [3.63, 3.8) is 0 Å². The Labute approximate surface area is 81.7 Å². The molecule has 0 aliphatic heterocycles. The van der Waals surface area contributed by atoms with E-state index < -0.39 is 5.54 Å². The molecule has 1 aromatic rings. The van der Waals surface area contributed by atoms with Gasteiger partial charge in [-0.2, -0.15) is 0 Å². The molecule has 4 N–H and O–H groups in total. The van der Waals surface area contributed by atoms with Gasteiger partial charge in [0.2, 0.25) is 5.91 Å². The van der Waals surface area contributed by atoms with Crippen molar-refractivity contribution in [1.29, 1.82) is 0 Å². The molecule has 1 aliphatic carbocycles. The van der Waals surface area contributed by atoms with Crippen molar-refractivity contribution in [2.45, 2.75) is 18.4 Å². The van der Waals surface area contributed by atoms with Gasteiger partial charge in [0.1, 0.15) is 5.75 Å². The molecule has 4 nitrogen and oxygen atoms in total. The number of nitrogens with two attached hydrogens (primary N) is 1. The van der Waals surface area contributed by atoms with Crippen LogP contribution >= 0.6 is 0 Å².